The van der Waals surface area contributed by atoms with Gasteiger partial charge in [-0.3, -0.25) is 0 Å². The summed E-state index contributed by atoms with van der Waals surface area (Å²) in [6.07, 6.45) is 2.17. The molecule has 0 aromatic heterocycles. The first-order valence-corrected chi connectivity index (χ1v) is 6.62. The second kappa shape index (κ2) is 5.44. The molecule has 0 saturated heterocycles. The molecule has 1 aromatic rings. The van der Waals surface area contributed by atoms with Crippen LogP contribution in [0.15, 0.2) is 6.07 Å². The van der Waals surface area contributed by atoms with Gasteiger partial charge in [-0.15, -0.1) is 0 Å². The highest BCUT2D eigenvalue weighted by atomic mass is 14.6. The Labute approximate surface area is 105 Å². The van der Waals surface area contributed by atoms with Gasteiger partial charge >= 0.3 is 0 Å². The van der Waals surface area contributed by atoms with Crippen LogP contribution in [-0.2, 0) is 0 Å². The second-order valence-electron chi connectivity index (χ2n) is 5.14. The lowest BCUT2D eigenvalue weighted by Gasteiger charge is -2.22. The molecule has 0 saturated carbocycles. The topological polar surface area (TPSA) is 52.0 Å². The highest BCUT2D eigenvalue weighted by molar-refractivity contribution is 5.70. The lowest BCUT2D eigenvalue weighted by atomic mass is 9.86. The molecule has 2 unspecified atom stereocenters. The minimum absolute atomic E-state index is 0.428. The van der Waals surface area contributed by atoms with Gasteiger partial charge in [0.1, 0.15) is 0 Å². The number of rotatable bonds is 4. The van der Waals surface area contributed by atoms with Gasteiger partial charge in [0, 0.05) is 16.9 Å². The zero-order chi connectivity index (χ0) is 13.2. The fraction of sp³-hybridized carbons (Fsp3) is 0.600. The third-order valence-electron chi connectivity index (χ3n) is 3.94. The third-order valence-corrected chi connectivity index (χ3v) is 3.94. The molecular formula is C15H26N2. The van der Waals surface area contributed by atoms with E-state index in [1.165, 1.54) is 5.56 Å². The van der Waals surface area contributed by atoms with Crippen molar-refractivity contribution in [2.45, 2.75) is 59.3 Å². The fourth-order valence-electron chi connectivity index (χ4n) is 2.26. The van der Waals surface area contributed by atoms with Crippen LogP contribution >= 0.6 is 0 Å². The molecule has 1 rings (SSSR count). The maximum atomic E-state index is 6.33. The van der Waals surface area contributed by atoms with Crippen LogP contribution in [0, 0.1) is 6.92 Å². The Kier molecular flexibility index (Phi) is 4.44. The number of benzene rings is 1. The molecular weight excluding hydrogens is 208 g/mol. The number of nitrogens with two attached hydrogens (primary N) is 2. The van der Waals surface area contributed by atoms with E-state index in [-0.39, 0.29) is 0 Å². The first-order chi connectivity index (χ1) is 7.93. The van der Waals surface area contributed by atoms with Crippen molar-refractivity contribution in [1.82, 2.24) is 0 Å². The first kappa shape index (κ1) is 13.9. The predicted molar refractivity (Wildman–Crippen MR) is 77.4 cm³/mol. The second-order valence-corrected chi connectivity index (χ2v) is 5.14. The average Bonchev–Trinajstić information content (AvgIpc) is 2.32. The maximum absolute atomic E-state index is 6.33. The van der Waals surface area contributed by atoms with Crippen LogP contribution in [0.5, 0.6) is 0 Å². The third kappa shape index (κ3) is 2.56. The smallest absolute Gasteiger partial charge is 0.0405 e. The number of anilines is 2. The molecule has 2 heteroatoms. The van der Waals surface area contributed by atoms with Crippen molar-refractivity contribution >= 4 is 11.4 Å². The lowest BCUT2D eigenvalue weighted by molar-refractivity contribution is 0.716. The van der Waals surface area contributed by atoms with Gasteiger partial charge in [0.05, 0.1) is 0 Å². The summed E-state index contributed by atoms with van der Waals surface area (Å²) >= 11 is 0. The van der Waals surface area contributed by atoms with Gasteiger partial charge in [0.25, 0.3) is 0 Å². The average molecular weight is 234 g/mol. The van der Waals surface area contributed by atoms with Gasteiger partial charge in [0.15, 0.2) is 0 Å². The molecule has 17 heavy (non-hydrogen) atoms. The van der Waals surface area contributed by atoms with Gasteiger partial charge < -0.3 is 11.5 Å². The van der Waals surface area contributed by atoms with Gasteiger partial charge in [-0.05, 0) is 42.7 Å². The summed E-state index contributed by atoms with van der Waals surface area (Å²) < 4.78 is 0. The minimum atomic E-state index is 0.428. The summed E-state index contributed by atoms with van der Waals surface area (Å²) in [5, 5.41) is 0. The van der Waals surface area contributed by atoms with E-state index in [0.717, 1.165) is 35.3 Å². The van der Waals surface area contributed by atoms with E-state index >= 15 is 0 Å². The van der Waals surface area contributed by atoms with Gasteiger partial charge in [-0.1, -0.05) is 33.8 Å². The summed E-state index contributed by atoms with van der Waals surface area (Å²) in [4.78, 5) is 0. The van der Waals surface area contributed by atoms with Crippen LogP contribution < -0.4 is 11.5 Å². The molecule has 4 N–H and O–H groups in total. The van der Waals surface area contributed by atoms with Crippen molar-refractivity contribution < 1.29 is 0 Å². The summed E-state index contributed by atoms with van der Waals surface area (Å²) in [6, 6.07) is 2.16. The summed E-state index contributed by atoms with van der Waals surface area (Å²) in [5.74, 6) is 0.926. The van der Waals surface area contributed by atoms with Crippen molar-refractivity contribution in [2.75, 3.05) is 11.5 Å². The molecule has 0 amide bonds. The molecule has 96 valence electrons. The van der Waals surface area contributed by atoms with E-state index in [0.29, 0.717) is 11.8 Å². The predicted octanol–water partition coefficient (Wildman–Crippen LogP) is 4.19. The van der Waals surface area contributed by atoms with Gasteiger partial charge in [0.2, 0.25) is 0 Å². The molecule has 2 atom stereocenters. The van der Waals surface area contributed by atoms with Crippen molar-refractivity contribution in [3.63, 3.8) is 0 Å². The lowest BCUT2D eigenvalue weighted by Crippen LogP contribution is -2.10. The monoisotopic (exact) mass is 234 g/mol. The summed E-state index contributed by atoms with van der Waals surface area (Å²) in [6.45, 7) is 10.9. The quantitative estimate of drug-likeness (QED) is 0.768. The van der Waals surface area contributed by atoms with E-state index in [9.17, 15) is 0 Å². The summed E-state index contributed by atoms with van der Waals surface area (Å²) in [5.41, 5.74) is 17.9. The largest absolute Gasteiger partial charge is 0.398 e. The zero-order valence-electron chi connectivity index (χ0n) is 11.8. The van der Waals surface area contributed by atoms with Crippen molar-refractivity contribution in [3.05, 3.63) is 22.8 Å². The highest BCUT2D eigenvalue weighted by Gasteiger charge is 2.18. The Morgan fingerprint density at radius 1 is 1.00 bits per heavy atom. The van der Waals surface area contributed by atoms with E-state index in [4.69, 9.17) is 11.5 Å². The van der Waals surface area contributed by atoms with Crippen LogP contribution in [0.4, 0.5) is 11.4 Å². The number of aryl methyl sites for hydroxylation is 1. The molecule has 0 aliphatic heterocycles. The Hall–Kier alpha value is -1.18. The minimum Gasteiger partial charge on any atom is -0.398 e. The first-order valence-electron chi connectivity index (χ1n) is 6.62. The zero-order valence-corrected chi connectivity index (χ0v) is 11.8. The SMILES string of the molecule is CCC(C)c1cc(C)c(N)c(C(C)CC)c1N. The van der Waals surface area contributed by atoms with Crippen LogP contribution in [0.25, 0.3) is 0 Å². The van der Waals surface area contributed by atoms with Crippen molar-refractivity contribution in [3.8, 4) is 0 Å². The van der Waals surface area contributed by atoms with E-state index < -0.39 is 0 Å². The molecule has 0 spiro atoms. The number of hydrogen-bond donors (Lipinski definition) is 2. The van der Waals surface area contributed by atoms with Gasteiger partial charge in [-0.25, -0.2) is 0 Å². The Morgan fingerprint density at radius 3 is 2.00 bits per heavy atom. The normalized spacial score (nSPS) is 14.6. The van der Waals surface area contributed by atoms with E-state index in [1.807, 2.05) is 0 Å². The van der Waals surface area contributed by atoms with Crippen LogP contribution in [0.1, 0.15) is 69.1 Å². The standard InChI is InChI=1S/C15H26N2/c1-6-9(3)12-8-11(5)14(16)13(15(12)17)10(4)7-2/h8-10H,6-7,16-17H2,1-5H3. The van der Waals surface area contributed by atoms with Crippen LogP contribution in [0.3, 0.4) is 0 Å². The molecule has 1 aromatic carbocycles. The van der Waals surface area contributed by atoms with Gasteiger partial charge in [-0.2, -0.15) is 0 Å². The molecule has 0 aliphatic rings. The van der Waals surface area contributed by atoms with E-state index in [1.54, 1.807) is 0 Å². The number of hydrogen-bond acceptors (Lipinski definition) is 2. The van der Waals surface area contributed by atoms with Crippen LogP contribution in [-0.4, -0.2) is 0 Å². The molecule has 0 fully saturated rings. The van der Waals surface area contributed by atoms with E-state index in [2.05, 4.69) is 40.7 Å². The molecule has 2 nitrogen and oxygen atoms in total. The van der Waals surface area contributed by atoms with Crippen molar-refractivity contribution in [2.24, 2.45) is 0 Å². The Balaban J connectivity index is 3.42. The molecule has 0 bridgehead atoms. The maximum Gasteiger partial charge on any atom is 0.0405 e. The highest BCUT2D eigenvalue weighted by Crippen LogP contribution is 2.38. The molecule has 0 aliphatic carbocycles. The fourth-order valence-corrected chi connectivity index (χ4v) is 2.26. The summed E-state index contributed by atoms with van der Waals surface area (Å²) in [7, 11) is 0. The van der Waals surface area contributed by atoms with Crippen molar-refractivity contribution in [1.29, 1.82) is 0 Å². The Morgan fingerprint density at radius 2 is 1.53 bits per heavy atom. The Bertz CT molecular complexity index is 396. The molecule has 0 radical (unpaired) electrons. The number of nitrogen functional groups attached to an aromatic ring is 2. The molecule has 0 heterocycles. The van der Waals surface area contributed by atoms with Crippen LogP contribution in [0.2, 0.25) is 0 Å².